The summed E-state index contributed by atoms with van der Waals surface area (Å²) >= 11 is 0. The summed E-state index contributed by atoms with van der Waals surface area (Å²) in [5.74, 6) is 1.52. The molecule has 0 amide bonds. The lowest BCUT2D eigenvalue weighted by Gasteiger charge is -2.38. The van der Waals surface area contributed by atoms with Gasteiger partial charge in [-0.15, -0.1) is 0 Å². The van der Waals surface area contributed by atoms with E-state index in [4.69, 9.17) is 14.2 Å². The van der Waals surface area contributed by atoms with Crippen LogP contribution in [0.3, 0.4) is 0 Å². The van der Waals surface area contributed by atoms with Crippen LogP contribution >= 0.6 is 0 Å². The molecule has 3 saturated heterocycles. The fourth-order valence-corrected chi connectivity index (χ4v) is 4.27. The molecule has 1 aromatic rings. The van der Waals surface area contributed by atoms with Crippen LogP contribution in [0.2, 0.25) is 0 Å². The third kappa shape index (κ3) is 4.30. The molecule has 138 valence electrons. The Hall–Kier alpha value is -1.24. The van der Waals surface area contributed by atoms with Crippen molar-refractivity contribution in [3.63, 3.8) is 0 Å². The van der Waals surface area contributed by atoms with Crippen LogP contribution < -0.4 is 4.90 Å². The minimum absolute atomic E-state index is 0.263. The number of hydrogen-bond donors (Lipinski definition) is 0. The molecule has 0 bridgehead atoms. The van der Waals surface area contributed by atoms with Gasteiger partial charge in [0.1, 0.15) is 0 Å². The molecule has 6 nitrogen and oxygen atoms in total. The zero-order valence-electron chi connectivity index (χ0n) is 14.9. The van der Waals surface area contributed by atoms with Crippen molar-refractivity contribution in [2.75, 3.05) is 51.0 Å². The van der Waals surface area contributed by atoms with Crippen molar-refractivity contribution in [2.24, 2.45) is 11.3 Å². The zero-order valence-corrected chi connectivity index (χ0v) is 14.9. The maximum Gasteiger partial charge on any atom is 0.225 e. The van der Waals surface area contributed by atoms with E-state index in [0.29, 0.717) is 11.3 Å². The number of hydrogen-bond acceptors (Lipinski definition) is 6. The van der Waals surface area contributed by atoms with Gasteiger partial charge in [0.25, 0.3) is 0 Å². The van der Waals surface area contributed by atoms with E-state index in [0.717, 1.165) is 84.2 Å². The Kier molecular flexibility index (Phi) is 5.48. The van der Waals surface area contributed by atoms with Crippen molar-refractivity contribution in [1.29, 1.82) is 0 Å². The monoisotopic (exact) mass is 347 g/mol. The first-order valence-corrected chi connectivity index (χ1v) is 9.62. The Morgan fingerprint density at radius 1 is 1.12 bits per heavy atom. The second-order valence-corrected chi connectivity index (χ2v) is 7.77. The normalized spacial score (nSPS) is 27.0. The van der Waals surface area contributed by atoms with Crippen LogP contribution in [-0.2, 0) is 14.2 Å². The molecule has 0 aromatic carbocycles. The molecule has 0 N–H and O–H groups in total. The zero-order chi connectivity index (χ0) is 17.0. The molecule has 4 heterocycles. The molecule has 3 fully saturated rings. The summed E-state index contributed by atoms with van der Waals surface area (Å²) in [6.45, 7) is 6.28. The summed E-state index contributed by atoms with van der Waals surface area (Å²) in [6, 6.07) is 1.87. The third-order valence-corrected chi connectivity index (χ3v) is 5.94. The quantitative estimate of drug-likeness (QED) is 0.815. The molecule has 0 saturated carbocycles. The highest BCUT2D eigenvalue weighted by atomic mass is 16.5. The average molecular weight is 347 g/mol. The Morgan fingerprint density at radius 2 is 1.88 bits per heavy atom. The smallest absolute Gasteiger partial charge is 0.225 e. The van der Waals surface area contributed by atoms with Crippen LogP contribution in [-0.4, -0.2) is 62.2 Å². The van der Waals surface area contributed by atoms with Gasteiger partial charge in [-0.25, -0.2) is 9.97 Å². The maximum atomic E-state index is 6.08. The van der Waals surface area contributed by atoms with Gasteiger partial charge >= 0.3 is 0 Å². The topological polar surface area (TPSA) is 56.7 Å². The first kappa shape index (κ1) is 17.2. The molecule has 6 heteroatoms. The predicted octanol–water partition coefficient (Wildman–Crippen LogP) is 2.30. The lowest BCUT2D eigenvalue weighted by atomic mass is 9.77. The second kappa shape index (κ2) is 7.98. The lowest BCUT2D eigenvalue weighted by molar-refractivity contribution is -0.0179. The highest BCUT2D eigenvalue weighted by Crippen LogP contribution is 2.42. The minimum Gasteiger partial charge on any atom is -0.381 e. The van der Waals surface area contributed by atoms with Crippen molar-refractivity contribution in [2.45, 2.75) is 38.2 Å². The fraction of sp³-hybridized carbons (Fsp3) is 0.789. The van der Waals surface area contributed by atoms with E-state index in [1.807, 2.05) is 18.5 Å². The van der Waals surface area contributed by atoms with Crippen molar-refractivity contribution in [3.8, 4) is 0 Å². The predicted molar refractivity (Wildman–Crippen MR) is 94.6 cm³/mol. The largest absolute Gasteiger partial charge is 0.381 e. The standard InChI is InChI=1S/C19H29N3O3/c1-6-20-18(21-7-1)22-8-4-19(5-9-22)12-17(25-15-19)14-24-13-16-2-10-23-11-3-16/h1,6-7,16-17H,2-5,8-15H2/t17-/m0/s1. The molecule has 0 unspecified atom stereocenters. The van der Waals surface area contributed by atoms with Gasteiger partial charge < -0.3 is 19.1 Å². The summed E-state index contributed by atoms with van der Waals surface area (Å²) in [6.07, 6.45) is 9.60. The molecule has 1 aromatic heterocycles. The molecule has 25 heavy (non-hydrogen) atoms. The Balaban J connectivity index is 1.20. The highest BCUT2D eigenvalue weighted by molar-refractivity contribution is 5.29. The molecule has 3 aliphatic rings. The van der Waals surface area contributed by atoms with Gasteiger partial charge in [-0.3, -0.25) is 0 Å². The Bertz CT molecular complexity index is 528. The highest BCUT2D eigenvalue weighted by Gasteiger charge is 2.42. The number of nitrogens with zero attached hydrogens (tertiary/aromatic N) is 3. The van der Waals surface area contributed by atoms with Gasteiger partial charge in [0, 0.05) is 45.3 Å². The first-order chi connectivity index (χ1) is 12.3. The van der Waals surface area contributed by atoms with Gasteiger partial charge in [0.05, 0.1) is 19.3 Å². The minimum atomic E-state index is 0.263. The lowest BCUT2D eigenvalue weighted by Crippen LogP contribution is -2.41. The molecule has 4 rings (SSSR count). The van der Waals surface area contributed by atoms with Gasteiger partial charge in [-0.1, -0.05) is 0 Å². The van der Waals surface area contributed by atoms with Crippen molar-refractivity contribution in [1.82, 2.24) is 9.97 Å². The van der Waals surface area contributed by atoms with Crippen LogP contribution in [0, 0.1) is 11.3 Å². The molecule has 3 aliphatic heterocycles. The van der Waals surface area contributed by atoms with Crippen LogP contribution in [0.5, 0.6) is 0 Å². The summed E-state index contributed by atoms with van der Waals surface area (Å²) in [5.41, 5.74) is 0.331. The first-order valence-electron chi connectivity index (χ1n) is 9.62. The second-order valence-electron chi connectivity index (χ2n) is 7.77. The van der Waals surface area contributed by atoms with Crippen molar-refractivity contribution < 1.29 is 14.2 Å². The van der Waals surface area contributed by atoms with E-state index in [-0.39, 0.29) is 6.10 Å². The van der Waals surface area contributed by atoms with Crippen molar-refractivity contribution >= 4 is 5.95 Å². The number of rotatable bonds is 5. The van der Waals surface area contributed by atoms with Crippen LogP contribution in [0.25, 0.3) is 0 Å². The van der Waals surface area contributed by atoms with Gasteiger partial charge in [-0.2, -0.15) is 0 Å². The van der Waals surface area contributed by atoms with E-state index in [1.54, 1.807) is 0 Å². The van der Waals surface area contributed by atoms with Crippen LogP contribution in [0.1, 0.15) is 32.1 Å². The van der Waals surface area contributed by atoms with Gasteiger partial charge in [0.2, 0.25) is 5.95 Å². The Labute approximate surface area is 149 Å². The SMILES string of the molecule is c1cnc(N2CCC3(CC2)CO[C@H](COCC2CCOCC2)C3)nc1. The number of anilines is 1. The van der Waals surface area contributed by atoms with Crippen LogP contribution in [0.15, 0.2) is 18.5 Å². The van der Waals surface area contributed by atoms with Crippen molar-refractivity contribution in [3.05, 3.63) is 18.5 Å². The van der Waals surface area contributed by atoms with E-state index in [2.05, 4.69) is 14.9 Å². The fourth-order valence-electron chi connectivity index (χ4n) is 4.27. The molecule has 0 radical (unpaired) electrons. The summed E-state index contributed by atoms with van der Waals surface area (Å²) in [7, 11) is 0. The molecular weight excluding hydrogens is 318 g/mol. The number of ether oxygens (including phenoxy) is 3. The molecule has 0 aliphatic carbocycles. The van der Waals surface area contributed by atoms with E-state index >= 15 is 0 Å². The van der Waals surface area contributed by atoms with Crippen LogP contribution in [0.4, 0.5) is 5.95 Å². The molecular formula is C19H29N3O3. The third-order valence-electron chi connectivity index (χ3n) is 5.94. The number of aromatic nitrogens is 2. The summed E-state index contributed by atoms with van der Waals surface area (Å²) < 4.78 is 17.4. The number of piperidine rings is 1. The van der Waals surface area contributed by atoms with Gasteiger partial charge in [0.15, 0.2) is 0 Å². The van der Waals surface area contributed by atoms with Gasteiger partial charge in [-0.05, 0) is 49.5 Å². The molecule has 1 spiro atoms. The summed E-state index contributed by atoms with van der Waals surface area (Å²) in [5, 5.41) is 0. The maximum absolute atomic E-state index is 6.08. The van der Waals surface area contributed by atoms with E-state index < -0.39 is 0 Å². The summed E-state index contributed by atoms with van der Waals surface area (Å²) in [4.78, 5) is 11.0. The average Bonchev–Trinajstić information content (AvgIpc) is 3.06. The molecule has 1 atom stereocenters. The van der Waals surface area contributed by atoms with E-state index in [9.17, 15) is 0 Å². The van der Waals surface area contributed by atoms with E-state index in [1.165, 1.54) is 0 Å². The Morgan fingerprint density at radius 3 is 2.64 bits per heavy atom.